The minimum Gasteiger partial charge on any atom is -0.396 e. The quantitative estimate of drug-likeness (QED) is 0.0756. The smallest absolute Gasteiger partial charge is 0.249 e. The molecule has 1 rings (SSSR count). The lowest BCUT2D eigenvalue weighted by molar-refractivity contribution is -0.137. The summed E-state index contributed by atoms with van der Waals surface area (Å²) in [4.78, 5) is 36.9. The van der Waals surface area contributed by atoms with Crippen LogP contribution in [0.5, 0.6) is 0 Å². The van der Waals surface area contributed by atoms with Gasteiger partial charge in [-0.2, -0.15) is 0 Å². The maximum atomic E-state index is 12.5. The molecule has 0 aliphatic carbocycles. The van der Waals surface area contributed by atoms with Crippen molar-refractivity contribution in [2.45, 2.75) is 123 Å². The van der Waals surface area contributed by atoms with Gasteiger partial charge in [0, 0.05) is 24.8 Å². The maximum absolute atomic E-state index is 12.5. The molecule has 0 aliphatic heterocycles. The second-order valence-electron chi connectivity index (χ2n) is 11.6. The van der Waals surface area contributed by atoms with Crippen LogP contribution in [0.4, 0.5) is 11.4 Å². The van der Waals surface area contributed by atoms with E-state index in [-0.39, 0.29) is 31.4 Å². The first-order valence-electron chi connectivity index (χ1n) is 15.6. The number of nitrogens with one attached hydrogen (secondary N) is 3. The van der Waals surface area contributed by atoms with Crippen molar-refractivity contribution in [3.63, 3.8) is 0 Å². The van der Waals surface area contributed by atoms with E-state index in [1.165, 1.54) is 57.8 Å². The molecule has 1 atom stereocenters. The van der Waals surface area contributed by atoms with Crippen molar-refractivity contribution in [1.82, 2.24) is 5.32 Å². The topological polar surface area (TPSA) is 128 Å². The zero-order valence-electron chi connectivity index (χ0n) is 25.7. The molecule has 0 aromatic heterocycles. The van der Waals surface area contributed by atoms with Crippen LogP contribution in [0.25, 0.3) is 0 Å². The summed E-state index contributed by atoms with van der Waals surface area (Å²) < 4.78 is 0. The monoisotopic (exact) mass is 573 g/mol. The van der Waals surface area contributed by atoms with Crippen molar-refractivity contribution in [2.75, 3.05) is 23.8 Å². The number of unbranched alkanes of at least 4 members (excludes halogenated alkanes) is 11. The van der Waals surface area contributed by atoms with Crippen molar-refractivity contribution in [1.29, 1.82) is 0 Å². The Balaban J connectivity index is 2.22. The highest BCUT2D eigenvalue weighted by Crippen LogP contribution is 2.22. The summed E-state index contributed by atoms with van der Waals surface area (Å²) in [5.74, 6) is -1.06. The van der Waals surface area contributed by atoms with Crippen molar-refractivity contribution < 1.29 is 24.6 Å². The summed E-state index contributed by atoms with van der Waals surface area (Å²) in [5, 5.41) is 27.5. The number of amides is 3. The Morgan fingerprint density at radius 3 is 1.80 bits per heavy atom. The number of aliphatic hydroxyl groups excluding tert-OH is 2. The fraction of sp³-hybridized carbons (Fsp3) is 0.667. The van der Waals surface area contributed by atoms with E-state index in [2.05, 4.69) is 35.0 Å². The Kier molecular flexibility index (Phi) is 19.5. The Labute approximate surface area is 247 Å². The third-order valence-corrected chi connectivity index (χ3v) is 7.19. The number of allylic oxidation sites excluding steroid dienone is 2. The molecular formula is C33H55N3O5. The number of hydrogen-bond acceptors (Lipinski definition) is 5. The van der Waals surface area contributed by atoms with E-state index in [0.717, 1.165) is 25.7 Å². The average Bonchev–Trinajstić information content (AvgIpc) is 2.95. The molecule has 0 spiro atoms. The number of carbonyl (C=O) groups is 3. The highest BCUT2D eigenvalue weighted by atomic mass is 16.3. The van der Waals surface area contributed by atoms with Crippen molar-refractivity contribution >= 4 is 29.1 Å². The molecular weight excluding hydrogens is 518 g/mol. The molecule has 5 N–H and O–H groups in total. The van der Waals surface area contributed by atoms with Crippen molar-refractivity contribution in [3.8, 4) is 0 Å². The largest absolute Gasteiger partial charge is 0.396 e. The molecule has 0 radical (unpaired) electrons. The lowest BCUT2D eigenvalue weighted by Gasteiger charge is -2.27. The molecule has 3 amide bonds. The third kappa shape index (κ3) is 17.0. The lowest BCUT2D eigenvalue weighted by atomic mass is 9.87. The Hall–Kier alpha value is -2.71. The Morgan fingerprint density at radius 1 is 0.780 bits per heavy atom. The van der Waals surface area contributed by atoms with Gasteiger partial charge in [-0.05, 0) is 44.2 Å². The first-order chi connectivity index (χ1) is 19.7. The molecule has 0 saturated heterocycles. The fourth-order valence-electron chi connectivity index (χ4n) is 4.32. The predicted octanol–water partition coefficient (Wildman–Crippen LogP) is 6.49. The molecule has 0 saturated carbocycles. The van der Waals surface area contributed by atoms with Gasteiger partial charge in [-0.1, -0.05) is 96.4 Å². The van der Waals surface area contributed by atoms with E-state index < -0.39 is 17.4 Å². The summed E-state index contributed by atoms with van der Waals surface area (Å²) >= 11 is 0. The Bertz CT molecular complexity index is 916. The van der Waals surface area contributed by atoms with Crippen LogP contribution in [0.2, 0.25) is 0 Å². The SMILES string of the molecule is CCCCCCCC/C=C\CCCCCCCC(=O)Nc1ccccc1NC(=O)CCNC(=O)C(O)C(C)(C)CO. The van der Waals surface area contributed by atoms with Gasteiger partial charge in [0.2, 0.25) is 17.7 Å². The van der Waals surface area contributed by atoms with E-state index in [9.17, 15) is 24.6 Å². The first kappa shape index (κ1) is 36.3. The molecule has 0 aliphatic rings. The summed E-state index contributed by atoms with van der Waals surface area (Å²) in [5.41, 5.74) is 0.0407. The summed E-state index contributed by atoms with van der Waals surface area (Å²) in [6, 6.07) is 7.01. The van der Waals surface area contributed by atoms with Gasteiger partial charge in [0.05, 0.1) is 18.0 Å². The fourth-order valence-corrected chi connectivity index (χ4v) is 4.32. The predicted molar refractivity (Wildman–Crippen MR) is 168 cm³/mol. The molecule has 0 heterocycles. The summed E-state index contributed by atoms with van der Waals surface area (Å²) in [7, 11) is 0. The van der Waals surface area contributed by atoms with E-state index in [0.29, 0.717) is 17.8 Å². The van der Waals surface area contributed by atoms with Crippen LogP contribution in [0.1, 0.15) is 117 Å². The maximum Gasteiger partial charge on any atom is 0.249 e. The first-order valence-corrected chi connectivity index (χ1v) is 15.6. The number of rotatable bonds is 23. The van der Waals surface area contributed by atoms with E-state index >= 15 is 0 Å². The number of carbonyl (C=O) groups excluding carboxylic acids is 3. The molecule has 8 nitrogen and oxygen atoms in total. The van der Waals surface area contributed by atoms with Gasteiger partial charge in [-0.25, -0.2) is 0 Å². The van der Waals surface area contributed by atoms with Gasteiger partial charge in [0.1, 0.15) is 6.10 Å². The second-order valence-corrected chi connectivity index (χ2v) is 11.6. The minimum atomic E-state index is -1.38. The zero-order valence-corrected chi connectivity index (χ0v) is 25.7. The van der Waals surface area contributed by atoms with Crippen LogP contribution in [0, 0.1) is 5.41 Å². The van der Waals surface area contributed by atoms with Crippen LogP contribution in [0.15, 0.2) is 36.4 Å². The summed E-state index contributed by atoms with van der Waals surface area (Å²) in [6.45, 7) is 5.09. The highest BCUT2D eigenvalue weighted by Gasteiger charge is 2.32. The van der Waals surface area contributed by atoms with Gasteiger partial charge in [-0.15, -0.1) is 0 Å². The molecule has 232 valence electrons. The van der Waals surface area contributed by atoms with Crippen molar-refractivity contribution in [3.05, 3.63) is 36.4 Å². The molecule has 0 bridgehead atoms. The van der Waals surface area contributed by atoms with Crippen LogP contribution in [-0.2, 0) is 14.4 Å². The number of para-hydroxylation sites is 2. The molecule has 8 heteroatoms. The number of anilines is 2. The van der Waals surface area contributed by atoms with Crippen LogP contribution < -0.4 is 16.0 Å². The molecule has 1 aromatic carbocycles. The van der Waals surface area contributed by atoms with E-state index in [1.54, 1.807) is 38.1 Å². The van der Waals surface area contributed by atoms with E-state index in [4.69, 9.17) is 0 Å². The average molecular weight is 574 g/mol. The van der Waals surface area contributed by atoms with Gasteiger partial charge >= 0.3 is 0 Å². The van der Waals surface area contributed by atoms with Gasteiger partial charge in [-0.3, -0.25) is 14.4 Å². The standard InChI is InChI=1S/C33H55N3O5/c1-4-5-6-7-8-9-10-11-12-13-14-15-16-17-18-23-29(38)35-27-21-19-20-22-28(27)36-30(39)24-25-34-32(41)31(40)33(2,3)26-37/h11-12,19-22,31,37,40H,4-10,13-18,23-26H2,1-3H3,(H,34,41)(H,35,38)(H,36,39)/b12-11-. The van der Waals surface area contributed by atoms with Crippen molar-refractivity contribution in [2.24, 2.45) is 5.41 Å². The normalized spacial score (nSPS) is 12.3. The Morgan fingerprint density at radius 2 is 1.27 bits per heavy atom. The molecule has 41 heavy (non-hydrogen) atoms. The number of hydrogen-bond donors (Lipinski definition) is 5. The molecule has 1 aromatic rings. The van der Waals surface area contributed by atoms with Gasteiger partial charge in [0.25, 0.3) is 0 Å². The highest BCUT2D eigenvalue weighted by molar-refractivity contribution is 5.99. The van der Waals surface area contributed by atoms with Crippen LogP contribution in [-0.4, -0.2) is 47.2 Å². The van der Waals surface area contributed by atoms with E-state index in [1.807, 2.05) is 0 Å². The second kappa shape index (κ2) is 22.0. The molecule has 1 unspecified atom stereocenters. The number of benzene rings is 1. The third-order valence-electron chi connectivity index (χ3n) is 7.19. The van der Waals surface area contributed by atoms with Gasteiger partial charge in [0.15, 0.2) is 0 Å². The summed E-state index contributed by atoms with van der Waals surface area (Å²) in [6.07, 6.45) is 19.4. The van der Waals surface area contributed by atoms with Crippen LogP contribution >= 0.6 is 0 Å². The lowest BCUT2D eigenvalue weighted by Crippen LogP contribution is -2.46. The molecule has 0 fully saturated rings. The van der Waals surface area contributed by atoms with Gasteiger partial charge < -0.3 is 26.2 Å². The minimum absolute atomic E-state index is 0.00475. The zero-order chi connectivity index (χ0) is 30.3. The number of aliphatic hydroxyl groups is 2. The van der Waals surface area contributed by atoms with Crippen LogP contribution in [0.3, 0.4) is 0 Å².